The minimum atomic E-state index is -0.294. The molecule has 0 unspecified atom stereocenters. The van der Waals surface area contributed by atoms with Crippen LogP contribution in [0.2, 0.25) is 0 Å². The minimum absolute atomic E-state index is 0.0389. The highest BCUT2D eigenvalue weighted by Gasteiger charge is 2.04. The Morgan fingerprint density at radius 2 is 2.43 bits per heavy atom. The van der Waals surface area contributed by atoms with E-state index in [1.54, 1.807) is 12.3 Å². The SMILES string of the molecule is O=CCOc1nc2[nH]ccc2c(=O)[nH]1. The van der Waals surface area contributed by atoms with Gasteiger partial charge in [0.15, 0.2) is 6.29 Å². The molecule has 0 aliphatic heterocycles. The molecular formula is C8H7N3O3. The van der Waals surface area contributed by atoms with Gasteiger partial charge in [-0.05, 0) is 6.07 Å². The first-order valence-corrected chi connectivity index (χ1v) is 3.95. The summed E-state index contributed by atoms with van der Waals surface area (Å²) in [5.74, 6) is 0. The van der Waals surface area contributed by atoms with Crippen LogP contribution in [0.4, 0.5) is 0 Å². The summed E-state index contributed by atoms with van der Waals surface area (Å²) < 4.78 is 4.86. The van der Waals surface area contributed by atoms with Crippen molar-refractivity contribution in [3.8, 4) is 6.01 Å². The molecule has 0 spiro atoms. The number of aldehydes is 1. The first-order valence-electron chi connectivity index (χ1n) is 3.95. The predicted molar refractivity (Wildman–Crippen MR) is 48.3 cm³/mol. The van der Waals surface area contributed by atoms with Gasteiger partial charge in [0.2, 0.25) is 0 Å². The summed E-state index contributed by atoms with van der Waals surface area (Å²) in [5.41, 5.74) is 0.145. The lowest BCUT2D eigenvalue weighted by molar-refractivity contribution is -0.109. The molecule has 14 heavy (non-hydrogen) atoms. The Bertz CT molecular complexity index is 514. The molecule has 2 rings (SSSR count). The molecule has 0 atom stereocenters. The van der Waals surface area contributed by atoms with Gasteiger partial charge in [-0.25, -0.2) is 0 Å². The molecule has 2 aromatic heterocycles. The molecule has 2 N–H and O–H groups in total. The third-order valence-corrected chi connectivity index (χ3v) is 1.69. The number of carbonyl (C=O) groups excluding carboxylic acids is 1. The normalized spacial score (nSPS) is 10.3. The highest BCUT2D eigenvalue weighted by Crippen LogP contribution is 2.06. The third-order valence-electron chi connectivity index (χ3n) is 1.69. The van der Waals surface area contributed by atoms with Crippen LogP contribution >= 0.6 is 0 Å². The lowest BCUT2D eigenvalue weighted by atomic mass is 10.4. The number of nitrogens with zero attached hydrogens (tertiary/aromatic N) is 1. The second kappa shape index (κ2) is 3.33. The molecule has 0 saturated carbocycles. The maximum absolute atomic E-state index is 11.3. The van der Waals surface area contributed by atoms with Crippen molar-refractivity contribution in [3.05, 3.63) is 22.6 Å². The molecule has 2 heterocycles. The van der Waals surface area contributed by atoms with Crippen LogP contribution in [-0.2, 0) is 4.79 Å². The van der Waals surface area contributed by atoms with Gasteiger partial charge in [0.1, 0.15) is 12.3 Å². The summed E-state index contributed by atoms with van der Waals surface area (Å²) in [7, 11) is 0. The van der Waals surface area contributed by atoms with Crippen LogP contribution in [0.5, 0.6) is 6.01 Å². The summed E-state index contributed by atoms with van der Waals surface area (Å²) >= 11 is 0. The highest BCUT2D eigenvalue weighted by atomic mass is 16.5. The number of hydrogen-bond donors (Lipinski definition) is 2. The van der Waals surface area contributed by atoms with Gasteiger partial charge in [0.05, 0.1) is 5.39 Å². The Morgan fingerprint density at radius 1 is 1.57 bits per heavy atom. The number of aromatic amines is 2. The lowest BCUT2D eigenvalue weighted by Gasteiger charge is -1.99. The van der Waals surface area contributed by atoms with E-state index in [4.69, 9.17) is 4.74 Å². The van der Waals surface area contributed by atoms with Crippen LogP contribution in [0.1, 0.15) is 0 Å². The number of hydrogen-bond acceptors (Lipinski definition) is 4. The predicted octanol–water partition coefficient (Wildman–Crippen LogP) is -0.171. The van der Waals surface area contributed by atoms with Crippen LogP contribution in [0, 0.1) is 0 Å². The summed E-state index contributed by atoms with van der Waals surface area (Å²) in [6, 6.07) is 1.65. The molecule has 0 bridgehead atoms. The minimum Gasteiger partial charge on any atom is -0.457 e. The van der Waals surface area contributed by atoms with E-state index >= 15 is 0 Å². The fraction of sp³-hybridized carbons (Fsp3) is 0.125. The number of carbonyl (C=O) groups is 1. The van der Waals surface area contributed by atoms with Crippen molar-refractivity contribution >= 4 is 17.3 Å². The largest absolute Gasteiger partial charge is 0.457 e. The number of ether oxygens (including phenoxy) is 1. The molecule has 0 aromatic carbocycles. The number of fused-ring (bicyclic) bond motifs is 1. The Hall–Kier alpha value is -2.11. The van der Waals surface area contributed by atoms with E-state index in [-0.39, 0.29) is 18.2 Å². The summed E-state index contributed by atoms with van der Waals surface area (Å²) in [4.78, 5) is 30.5. The molecule has 6 heteroatoms. The lowest BCUT2D eigenvalue weighted by Crippen LogP contribution is -2.11. The van der Waals surface area contributed by atoms with Crippen LogP contribution < -0.4 is 10.3 Å². The Balaban J connectivity index is 2.47. The van der Waals surface area contributed by atoms with Crippen molar-refractivity contribution in [1.82, 2.24) is 15.0 Å². The molecule has 0 amide bonds. The quantitative estimate of drug-likeness (QED) is 0.662. The fourth-order valence-electron chi connectivity index (χ4n) is 1.11. The van der Waals surface area contributed by atoms with Gasteiger partial charge >= 0.3 is 0 Å². The maximum Gasteiger partial charge on any atom is 0.298 e. The van der Waals surface area contributed by atoms with Crippen LogP contribution in [0.15, 0.2) is 17.1 Å². The smallest absolute Gasteiger partial charge is 0.298 e. The highest BCUT2D eigenvalue weighted by molar-refractivity contribution is 5.74. The van der Waals surface area contributed by atoms with Crippen molar-refractivity contribution in [1.29, 1.82) is 0 Å². The van der Waals surface area contributed by atoms with Crippen LogP contribution in [-0.4, -0.2) is 27.8 Å². The first kappa shape index (κ1) is 8.49. The van der Waals surface area contributed by atoms with E-state index in [1.807, 2.05) is 0 Å². The molecular weight excluding hydrogens is 186 g/mol. The standard InChI is InChI=1S/C8H7N3O3/c12-3-4-14-8-10-6-5(1-2-9-6)7(13)11-8/h1-3H,4H2,(H2,9,10,11,13). The second-order valence-electron chi connectivity index (χ2n) is 2.59. The van der Waals surface area contributed by atoms with E-state index in [2.05, 4.69) is 15.0 Å². The molecule has 0 saturated heterocycles. The zero-order chi connectivity index (χ0) is 9.97. The number of nitrogens with one attached hydrogen (secondary N) is 2. The van der Waals surface area contributed by atoms with Crippen LogP contribution in [0.25, 0.3) is 11.0 Å². The van der Waals surface area contributed by atoms with E-state index in [1.165, 1.54) is 0 Å². The Morgan fingerprint density at radius 3 is 3.21 bits per heavy atom. The topological polar surface area (TPSA) is 87.8 Å². The average Bonchev–Trinajstić information content (AvgIpc) is 2.63. The van der Waals surface area contributed by atoms with Gasteiger partial charge in [-0.3, -0.25) is 14.6 Å². The van der Waals surface area contributed by atoms with Gasteiger partial charge in [-0.1, -0.05) is 0 Å². The van der Waals surface area contributed by atoms with E-state index < -0.39 is 0 Å². The number of aromatic nitrogens is 3. The van der Waals surface area contributed by atoms with Gasteiger partial charge in [-0.15, -0.1) is 0 Å². The van der Waals surface area contributed by atoms with Gasteiger partial charge < -0.3 is 9.72 Å². The molecule has 0 aliphatic carbocycles. The monoisotopic (exact) mass is 193 g/mol. The first-order chi connectivity index (χ1) is 6.81. The maximum atomic E-state index is 11.3. The third kappa shape index (κ3) is 1.37. The van der Waals surface area contributed by atoms with Crippen molar-refractivity contribution < 1.29 is 9.53 Å². The second-order valence-corrected chi connectivity index (χ2v) is 2.59. The average molecular weight is 193 g/mol. The van der Waals surface area contributed by atoms with E-state index in [0.29, 0.717) is 17.3 Å². The van der Waals surface area contributed by atoms with Crippen molar-refractivity contribution in [2.45, 2.75) is 0 Å². The molecule has 6 nitrogen and oxygen atoms in total. The Kier molecular flexibility index (Phi) is 2.02. The van der Waals surface area contributed by atoms with Crippen LogP contribution in [0.3, 0.4) is 0 Å². The van der Waals surface area contributed by atoms with Gasteiger partial charge in [-0.2, -0.15) is 4.98 Å². The van der Waals surface area contributed by atoms with Crippen molar-refractivity contribution in [2.75, 3.05) is 6.61 Å². The van der Waals surface area contributed by atoms with Crippen molar-refractivity contribution in [2.24, 2.45) is 0 Å². The molecule has 0 aliphatic rings. The van der Waals surface area contributed by atoms with Crippen molar-refractivity contribution in [3.63, 3.8) is 0 Å². The molecule has 2 aromatic rings. The number of rotatable bonds is 3. The molecule has 0 fully saturated rings. The van der Waals surface area contributed by atoms with E-state index in [0.717, 1.165) is 0 Å². The van der Waals surface area contributed by atoms with Gasteiger partial charge in [0.25, 0.3) is 11.6 Å². The summed E-state index contributed by atoms with van der Waals surface area (Å²) in [6.07, 6.45) is 2.19. The molecule has 0 radical (unpaired) electrons. The summed E-state index contributed by atoms with van der Waals surface area (Å²) in [5, 5.41) is 0.462. The number of H-pyrrole nitrogens is 2. The molecule has 72 valence electrons. The van der Waals surface area contributed by atoms with Gasteiger partial charge in [0, 0.05) is 6.20 Å². The zero-order valence-electron chi connectivity index (χ0n) is 7.11. The summed E-state index contributed by atoms with van der Waals surface area (Å²) in [6.45, 7) is -0.130. The van der Waals surface area contributed by atoms with E-state index in [9.17, 15) is 9.59 Å². The Labute approximate surface area is 77.9 Å². The zero-order valence-corrected chi connectivity index (χ0v) is 7.11. The fourth-order valence-corrected chi connectivity index (χ4v) is 1.11.